The molecule has 2 rings (SSSR count). The molecular weight excluding hydrogens is 232 g/mol. The Morgan fingerprint density at radius 2 is 1.83 bits per heavy atom. The smallest absolute Gasteiger partial charge is 0.159 e. The summed E-state index contributed by atoms with van der Waals surface area (Å²) in [5, 5.41) is 0. The van der Waals surface area contributed by atoms with Crippen molar-refractivity contribution in [3.8, 4) is 0 Å². The van der Waals surface area contributed by atoms with E-state index >= 15 is 0 Å². The van der Waals surface area contributed by atoms with Gasteiger partial charge in [0.15, 0.2) is 11.6 Å². The lowest BCUT2D eigenvalue weighted by Gasteiger charge is -2.23. The summed E-state index contributed by atoms with van der Waals surface area (Å²) in [7, 11) is 0. The average molecular weight is 253 g/mol. The maximum atomic E-state index is 13.1. The number of hydrogen-bond donors (Lipinski definition) is 1. The average Bonchev–Trinajstić information content (AvgIpc) is 2.40. The molecule has 0 spiro atoms. The van der Waals surface area contributed by atoms with Gasteiger partial charge in [0.05, 0.1) is 0 Å². The lowest BCUT2D eigenvalue weighted by atomic mass is 9.84. The molecule has 1 nitrogen and oxygen atoms in total. The predicted octanol–water partition coefficient (Wildman–Crippen LogP) is 4.33. The van der Waals surface area contributed by atoms with Crippen molar-refractivity contribution in [3.05, 3.63) is 35.4 Å². The molecule has 2 N–H and O–H groups in total. The van der Waals surface area contributed by atoms with Crippen LogP contribution in [0.3, 0.4) is 0 Å². The summed E-state index contributed by atoms with van der Waals surface area (Å²) in [5.41, 5.74) is 6.74. The Balaban J connectivity index is 1.86. The molecule has 0 aliphatic heterocycles. The van der Waals surface area contributed by atoms with Crippen LogP contribution in [0.4, 0.5) is 8.78 Å². The molecule has 1 unspecified atom stereocenters. The lowest BCUT2D eigenvalue weighted by molar-refractivity contribution is 0.324. The number of hydrogen-bond acceptors (Lipinski definition) is 1. The van der Waals surface area contributed by atoms with E-state index in [-0.39, 0.29) is 6.04 Å². The maximum Gasteiger partial charge on any atom is 0.159 e. The van der Waals surface area contributed by atoms with Crippen LogP contribution in [0.5, 0.6) is 0 Å². The Hall–Kier alpha value is -0.960. The van der Waals surface area contributed by atoms with Gasteiger partial charge in [0.25, 0.3) is 0 Å². The first kappa shape index (κ1) is 13.5. The van der Waals surface area contributed by atoms with E-state index in [1.807, 2.05) is 0 Å². The van der Waals surface area contributed by atoms with Crippen LogP contribution >= 0.6 is 0 Å². The second-order valence-corrected chi connectivity index (χ2v) is 5.36. The largest absolute Gasteiger partial charge is 0.324 e. The zero-order valence-electron chi connectivity index (χ0n) is 10.7. The van der Waals surface area contributed by atoms with Gasteiger partial charge in [-0.05, 0) is 36.5 Å². The first-order chi connectivity index (χ1) is 8.66. The van der Waals surface area contributed by atoms with Gasteiger partial charge >= 0.3 is 0 Å². The summed E-state index contributed by atoms with van der Waals surface area (Å²) in [4.78, 5) is 0. The van der Waals surface area contributed by atoms with Crippen LogP contribution in [0.2, 0.25) is 0 Å². The van der Waals surface area contributed by atoms with Crippen LogP contribution in [0.15, 0.2) is 18.2 Å². The molecule has 1 aromatic carbocycles. The Morgan fingerprint density at radius 3 is 2.50 bits per heavy atom. The Morgan fingerprint density at radius 1 is 1.11 bits per heavy atom. The van der Waals surface area contributed by atoms with Crippen LogP contribution in [-0.4, -0.2) is 0 Å². The fraction of sp³-hybridized carbons (Fsp3) is 0.600. The summed E-state index contributed by atoms with van der Waals surface area (Å²) in [6.07, 6.45) is 8.55. The third kappa shape index (κ3) is 3.52. The zero-order valence-corrected chi connectivity index (χ0v) is 10.7. The van der Waals surface area contributed by atoms with Crippen LogP contribution in [-0.2, 0) is 0 Å². The molecule has 1 aliphatic carbocycles. The summed E-state index contributed by atoms with van der Waals surface area (Å²) < 4.78 is 25.9. The van der Waals surface area contributed by atoms with Crippen molar-refractivity contribution in [1.29, 1.82) is 0 Å². The van der Waals surface area contributed by atoms with Gasteiger partial charge in [-0.15, -0.1) is 0 Å². The van der Waals surface area contributed by atoms with Crippen molar-refractivity contribution in [3.63, 3.8) is 0 Å². The zero-order chi connectivity index (χ0) is 13.0. The van der Waals surface area contributed by atoms with E-state index in [1.165, 1.54) is 38.2 Å². The third-order valence-corrected chi connectivity index (χ3v) is 3.98. The van der Waals surface area contributed by atoms with Crippen LogP contribution in [0, 0.1) is 17.6 Å². The van der Waals surface area contributed by atoms with E-state index in [9.17, 15) is 8.78 Å². The molecule has 0 radical (unpaired) electrons. The van der Waals surface area contributed by atoms with E-state index < -0.39 is 11.6 Å². The van der Waals surface area contributed by atoms with Gasteiger partial charge in [-0.25, -0.2) is 8.78 Å². The van der Waals surface area contributed by atoms with Gasteiger partial charge in [-0.2, -0.15) is 0 Å². The van der Waals surface area contributed by atoms with Crippen molar-refractivity contribution in [2.75, 3.05) is 0 Å². The molecule has 3 heteroatoms. The third-order valence-electron chi connectivity index (χ3n) is 3.98. The summed E-state index contributed by atoms with van der Waals surface area (Å²) in [6, 6.07) is 3.79. The minimum absolute atomic E-state index is 0.179. The van der Waals surface area contributed by atoms with Crippen molar-refractivity contribution in [2.45, 2.75) is 51.0 Å². The van der Waals surface area contributed by atoms with E-state index in [0.717, 1.165) is 24.8 Å². The Bertz CT molecular complexity index is 386. The number of halogens is 2. The highest BCUT2D eigenvalue weighted by atomic mass is 19.2. The molecular formula is C15H21F2N. The van der Waals surface area contributed by atoms with Crippen LogP contribution in [0.1, 0.15) is 56.6 Å². The highest BCUT2D eigenvalue weighted by Crippen LogP contribution is 2.29. The number of benzene rings is 1. The van der Waals surface area contributed by atoms with Gasteiger partial charge in [0.1, 0.15) is 0 Å². The first-order valence-electron chi connectivity index (χ1n) is 6.87. The van der Waals surface area contributed by atoms with Gasteiger partial charge in [-0.3, -0.25) is 0 Å². The highest BCUT2D eigenvalue weighted by molar-refractivity contribution is 5.20. The van der Waals surface area contributed by atoms with Crippen molar-refractivity contribution >= 4 is 0 Å². The van der Waals surface area contributed by atoms with E-state index in [4.69, 9.17) is 5.73 Å². The van der Waals surface area contributed by atoms with Crippen LogP contribution < -0.4 is 5.73 Å². The fourth-order valence-electron chi connectivity index (χ4n) is 2.80. The van der Waals surface area contributed by atoms with Gasteiger partial charge < -0.3 is 5.73 Å². The molecule has 0 heterocycles. The fourth-order valence-corrected chi connectivity index (χ4v) is 2.80. The predicted molar refractivity (Wildman–Crippen MR) is 69.1 cm³/mol. The summed E-state index contributed by atoms with van der Waals surface area (Å²) in [6.45, 7) is 0. The molecule has 0 amide bonds. The van der Waals surface area contributed by atoms with Crippen LogP contribution in [0.25, 0.3) is 0 Å². The number of rotatable bonds is 4. The standard InChI is InChI=1S/C15H21F2N/c16-13-8-7-12(10-14(13)17)15(18)9-6-11-4-2-1-3-5-11/h7-8,10-11,15H,1-6,9,18H2. The highest BCUT2D eigenvalue weighted by Gasteiger charge is 2.16. The van der Waals surface area contributed by atoms with Crippen molar-refractivity contribution in [2.24, 2.45) is 11.7 Å². The molecule has 100 valence electrons. The second-order valence-electron chi connectivity index (χ2n) is 5.36. The second kappa shape index (κ2) is 6.28. The van der Waals surface area contributed by atoms with E-state index in [1.54, 1.807) is 6.07 Å². The topological polar surface area (TPSA) is 26.0 Å². The summed E-state index contributed by atoms with van der Waals surface area (Å²) in [5.74, 6) is -0.839. The SMILES string of the molecule is NC(CCC1CCCCC1)c1ccc(F)c(F)c1. The van der Waals surface area contributed by atoms with Gasteiger partial charge in [0.2, 0.25) is 0 Å². The van der Waals surface area contributed by atoms with Gasteiger partial charge in [-0.1, -0.05) is 38.2 Å². The Kier molecular flexibility index (Phi) is 4.70. The molecule has 0 aromatic heterocycles. The summed E-state index contributed by atoms with van der Waals surface area (Å²) >= 11 is 0. The normalized spacial score (nSPS) is 18.8. The molecule has 0 bridgehead atoms. The molecule has 1 aliphatic rings. The quantitative estimate of drug-likeness (QED) is 0.849. The van der Waals surface area contributed by atoms with E-state index in [0.29, 0.717) is 5.56 Å². The van der Waals surface area contributed by atoms with Crippen molar-refractivity contribution in [1.82, 2.24) is 0 Å². The van der Waals surface area contributed by atoms with Gasteiger partial charge in [0, 0.05) is 6.04 Å². The molecule has 1 aromatic rings. The molecule has 1 fully saturated rings. The Labute approximate surface area is 107 Å². The van der Waals surface area contributed by atoms with Crippen molar-refractivity contribution < 1.29 is 8.78 Å². The minimum atomic E-state index is -0.807. The minimum Gasteiger partial charge on any atom is -0.324 e. The first-order valence-corrected chi connectivity index (χ1v) is 6.87. The molecule has 1 atom stereocenters. The molecule has 1 saturated carbocycles. The monoisotopic (exact) mass is 253 g/mol. The van der Waals surface area contributed by atoms with E-state index in [2.05, 4.69) is 0 Å². The lowest BCUT2D eigenvalue weighted by Crippen LogP contribution is -2.14. The molecule has 0 saturated heterocycles. The number of nitrogens with two attached hydrogens (primary N) is 1. The molecule has 18 heavy (non-hydrogen) atoms. The maximum absolute atomic E-state index is 13.1.